The number of carbonyl (C=O) groups is 1. The lowest BCUT2D eigenvalue weighted by Gasteiger charge is -2.34. The third-order valence-electron chi connectivity index (χ3n) is 4.56. The van der Waals surface area contributed by atoms with E-state index in [4.69, 9.17) is 0 Å². The number of carbonyl (C=O) groups excluding carboxylic acids is 1. The maximum atomic E-state index is 13.1. The second-order valence-corrected chi connectivity index (χ2v) is 8.41. The Hall–Kier alpha value is -1.77. The van der Waals surface area contributed by atoms with Gasteiger partial charge < -0.3 is 20.3 Å². The van der Waals surface area contributed by atoms with E-state index in [1.54, 1.807) is 23.7 Å². The van der Waals surface area contributed by atoms with Crippen molar-refractivity contribution in [2.24, 2.45) is 5.41 Å². The van der Waals surface area contributed by atoms with Crippen LogP contribution in [0.25, 0.3) is 10.6 Å². The van der Waals surface area contributed by atoms with Crippen LogP contribution in [0.2, 0.25) is 0 Å². The molecule has 3 heterocycles. The smallest absolute Gasteiger partial charge is 0.240 e. The number of nitrogens with zero attached hydrogens (tertiary/aromatic N) is 3. The van der Waals surface area contributed by atoms with Crippen LogP contribution >= 0.6 is 11.3 Å². The van der Waals surface area contributed by atoms with E-state index in [9.17, 15) is 9.90 Å². The maximum absolute atomic E-state index is 13.1. The molecule has 8 heteroatoms. The highest BCUT2D eigenvalue weighted by atomic mass is 32.1. The summed E-state index contributed by atoms with van der Waals surface area (Å²) in [6.07, 6.45) is 3.55. The zero-order chi connectivity index (χ0) is 18.2. The van der Waals surface area contributed by atoms with Crippen LogP contribution in [-0.4, -0.2) is 56.6 Å². The number of aromatic nitrogens is 3. The van der Waals surface area contributed by atoms with Crippen LogP contribution < -0.4 is 5.32 Å². The van der Waals surface area contributed by atoms with Gasteiger partial charge in [-0.3, -0.25) is 9.78 Å². The molecule has 0 saturated carbocycles. The molecular weight excluding hydrogens is 338 g/mol. The third kappa shape index (κ3) is 3.61. The van der Waals surface area contributed by atoms with Crippen molar-refractivity contribution < 1.29 is 9.90 Å². The van der Waals surface area contributed by atoms with Gasteiger partial charge in [0.2, 0.25) is 5.91 Å². The Morgan fingerprint density at radius 3 is 2.88 bits per heavy atom. The van der Waals surface area contributed by atoms with E-state index in [-0.39, 0.29) is 23.4 Å². The SMILES string of the molecule is CN[C@H](C(=O)N1C[C@H](O)C[C@H]1c1nc(-c2cncs2)c[nH]1)C(C)(C)C. The summed E-state index contributed by atoms with van der Waals surface area (Å²) >= 11 is 1.52. The molecule has 136 valence electrons. The summed E-state index contributed by atoms with van der Waals surface area (Å²) in [6, 6.07) is -0.571. The molecule has 2 aromatic rings. The number of aliphatic hydroxyl groups excluding tert-OH is 1. The molecule has 0 unspecified atom stereocenters. The second kappa shape index (κ2) is 6.86. The molecule has 1 amide bonds. The molecule has 0 bridgehead atoms. The molecule has 2 aromatic heterocycles. The number of nitrogens with one attached hydrogen (secondary N) is 2. The van der Waals surface area contributed by atoms with E-state index in [1.165, 1.54) is 11.3 Å². The first-order valence-electron chi connectivity index (χ1n) is 8.41. The lowest BCUT2D eigenvalue weighted by atomic mass is 9.86. The van der Waals surface area contributed by atoms with Crippen LogP contribution in [-0.2, 0) is 4.79 Å². The lowest BCUT2D eigenvalue weighted by molar-refractivity contribution is -0.137. The highest BCUT2D eigenvalue weighted by Crippen LogP contribution is 2.34. The minimum absolute atomic E-state index is 0.00714. The topological polar surface area (TPSA) is 94.1 Å². The van der Waals surface area contributed by atoms with Gasteiger partial charge in [0.05, 0.1) is 34.3 Å². The monoisotopic (exact) mass is 363 g/mol. The first kappa shape index (κ1) is 18.0. The van der Waals surface area contributed by atoms with Crippen LogP contribution in [0.5, 0.6) is 0 Å². The Kier molecular flexibility index (Phi) is 4.95. The van der Waals surface area contributed by atoms with Crippen molar-refractivity contribution in [3.63, 3.8) is 0 Å². The molecule has 25 heavy (non-hydrogen) atoms. The summed E-state index contributed by atoms with van der Waals surface area (Å²) in [4.78, 5) is 27.7. The fourth-order valence-electron chi connectivity index (χ4n) is 3.39. The molecule has 0 radical (unpaired) electrons. The Morgan fingerprint density at radius 1 is 1.52 bits per heavy atom. The van der Waals surface area contributed by atoms with Crippen LogP contribution in [0.3, 0.4) is 0 Å². The molecule has 1 fully saturated rings. The molecule has 1 aliphatic rings. The highest BCUT2D eigenvalue weighted by Gasteiger charge is 2.42. The van der Waals surface area contributed by atoms with Crippen LogP contribution in [0.1, 0.15) is 39.1 Å². The Labute approximate surface area is 151 Å². The minimum Gasteiger partial charge on any atom is -0.391 e. The van der Waals surface area contributed by atoms with Gasteiger partial charge in [0, 0.05) is 25.4 Å². The number of likely N-dealkylation sites (tertiary alicyclic amines) is 1. The molecule has 0 aliphatic carbocycles. The van der Waals surface area contributed by atoms with Gasteiger partial charge in [0.15, 0.2) is 0 Å². The van der Waals surface area contributed by atoms with Gasteiger partial charge in [-0.05, 0) is 12.5 Å². The van der Waals surface area contributed by atoms with Crippen molar-refractivity contribution >= 4 is 17.2 Å². The number of hydrogen-bond donors (Lipinski definition) is 3. The largest absolute Gasteiger partial charge is 0.391 e. The summed E-state index contributed by atoms with van der Waals surface area (Å²) in [7, 11) is 1.80. The summed E-state index contributed by atoms with van der Waals surface area (Å²) < 4.78 is 0. The zero-order valence-electron chi connectivity index (χ0n) is 15.0. The Balaban J connectivity index is 1.86. The lowest BCUT2D eigenvalue weighted by Crippen LogP contribution is -2.52. The number of hydrogen-bond acceptors (Lipinski definition) is 6. The number of amides is 1. The number of rotatable bonds is 4. The number of imidazole rings is 1. The van der Waals surface area contributed by atoms with E-state index in [2.05, 4.69) is 20.3 Å². The van der Waals surface area contributed by atoms with Crippen LogP contribution in [0, 0.1) is 5.41 Å². The summed E-state index contributed by atoms with van der Waals surface area (Å²) in [5, 5.41) is 13.3. The molecule has 1 saturated heterocycles. The molecule has 3 rings (SSSR count). The number of H-pyrrole nitrogens is 1. The first-order chi connectivity index (χ1) is 11.8. The van der Waals surface area contributed by atoms with Gasteiger partial charge >= 0.3 is 0 Å². The molecular formula is C17H25N5O2S. The number of aromatic amines is 1. The first-order valence-corrected chi connectivity index (χ1v) is 9.29. The highest BCUT2D eigenvalue weighted by molar-refractivity contribution is 7.13. The number of aliphatic hydroxyl groups is 1. The van der Waals surface area contributed by atoms with Crippen molar-refractivity contribution in [3.05, 3.63) is 23.7 Å². The van der Waals surface area contributed by atoms with Crippen LogP contribution in [0.15, 0.2) is 17.9 Å². The van der Waals surface area contributed by atoms with Gasteiger partial charge in [-0.1, -0.05) is 20.8 Å². The van der Waals surface area contributed by atoms with Crippen molar-refractivity contribution in [1.82, 2.24) is 25.2 Å². The second-order valence-electron chi connectivity index (χ2n) is 7.52. The standard InChI is InChI=1S/C17H25N5O2S/c1-17(2,3)14(18-4)16(24)22-8-10(23)5-12(22)15-20-6-11(21-15)13-7-19-9-25-13/h6-7,9-10,12,14,18,23H,5,8H2,1-4H3,(H,20,21)/t10-,12+,14-/m1/s1. The summed E-state index contributed by atoms with van der Waals surface area (Å²) in [6.45, 7) is 6.42. The van der Waals surface area contributed by atoms with Crippen molar-refractivity contribution in [2.75, 3.05) is 13.6 Å². The van der Waals surface area contributed by atoms with Crippen LogP contribution in [0.4, 0.5) is 0 Å². The van der Waals surface area contributed by atoms with Gasteiger partial charge in [-0.25, -0.2) is 4.98 Å². The van der Waals surface area contributed by atoms with E-state index >= 15 is 0 Å². The Morgan fingerprint density at radius 2 is 2.28 bits per heavy atom. The van der Waals surface area contributed by atoms with Gasteiger partial charge in [0.25, 0.3) is 0 Å². The fraction of sp³-hybridized carbons (Fsp3) is 0.588. The fourth-order valence-corrected chi connectivity index (χ4v) is 3.97. The van der Waals surface area contributed by atoms with Crippen molar-refractivity contribution in [2.45, 2.75) is 45.4 Å². The molecule has 3 N–H and O–H groups in total. The molecule has 3 atom stereocenters. The maximum Gasteiger partial charge on any atom is 0.240 e. The van der Waals surface area contributed by atoms with E-state index in [0.717, 1.165) is 10.6 Å². The minimum atomic E-state index is -0.539. The Bertz CT molecular complexity index is 722. The van der Waals surface area contributed by atoms with Crippen molar-refractivity contribution in [1.29, 1.82) is 0 Å². The van der Waals surface area contributed by atoms with Gasteiger partial charge in [-0.15, -0.1) is 11.3 Å². The molecule has 0 spiro atoms. The number of β-amino-alcohol motifs (C(OH)–C–C–N with tert-alkyl or cyclic N) is 1. The summed E-state index contributed by atoms with van der Waals surface area (Å²) in [5.41, 5.74) is 2.35. The third-order valence-corrected chi connectivity index (χ3v) is 5.36. The van der Waals surface area contributed by atoms with Gasteiger partial charge in [0.1, 0.15) is 5.82 Å². The zero-order valence-corrected chi connectivity index (χ0v) is 15.8. The molecule has 7 nitrogen and oxygen atoms in total. The average Bonchev–Trinajstić information content (AvgIpc) is 3.25. The molecule has 0 aromatic carbocycles. The van der Waals surface area contributed by atoms with E-state index in [1.807, 2.05) is 27.0 Å². The van der Waals surface area contributed by atoms with Gasteiger partial charge in [-0.2, -0.15) is 0 Å². The molecule has 1 aliphatic heterocycles. The predicted molar refractivity (Wildman–Crippen MR) is 97.1 cm³/mol. The van der Waals surface area contributed by atoms with E-state index < -0.39 is 6.10 Å². The average molecular weight is 363 g/mol. The normalized spacial score (nSPS) is 22.4. The summed E-state index contributed by atoms with van der Waals surface area (Å²) in [5.74, 6) is 0.698. The van der Waals surface area contributed by atoms with E-state index in [0.29, 0.717) is 18.8 Å². The van der Waals surface area contributed by atoms with Crippen molar-refractivity contribution in [3.8, 4) is 10.6 Å². The predicted octanol–water partition coefficient (Wildman–Crippen LogP) is 1.80. The number of likely N-dealkylation sites (N-methyl/N-ethyl adjacent to an activating group) is 1. The number of thiazole rings is 1. The quantitative estimate of drug-likeness (QED) is 0.770.